The van der Waals surface area contributed by atoms with Crippen LogP contribution in [-0.2, 0) is 4.79 Å². The molecule has 1 unspecified atom stereocenters. The Labute approximate surface area is 98.8 Å². The Morgan fingerprint density at radius 2 is 2.12 bits per heavy atom. The normalized spacial score (nSPS) is 14.5. The van der Waals surface area contributed by atoms with E-state index in [0.717, 1.165) is 0 Å². The van der Waals surface area contributed by atoms with Crippen molar-refractivity contribution in [2.75, 3.05) is 0 Å². The second-order valence-electron chi connectivity index (χ2n) is 4.15. The van der Waals surface area contributed by atoms with E-state index in [0.29, 0.717) is 4.88 Å². The second-order valence-corrected chi connectivity index (χ2v) is 5.10. The van der Waals surface area contributed by atoms with E-state index in [4.69, 9.17) is 5.73 Å². The van der Waals surface area contributed by atoms with Gasteiger partial charge < -0.3 is 11.1 Å². The average Bonchev–Trinajstić information content (AvgIpc) is 2.69. The first kappa shape index (κ1) is 12.7. The van der Waals surface area contributed by atoms with Gasteiger partial charge in [0.2, 0.25) is 5.91 Å². The molecule has 1 aromatic rings. The van der Waals surface area contributed by atoms with Gasteiger partial charge >= 0.3 is 0 Å². The summed E-state index contributed by atoms with van der Waals surface area (Å²) in [5.74, 6) is -0.841. The Kier molecular flexibility index (Phi) is 3.70. The van der Waals surface area contributed by atoms with Crippen LogP contribution in [-0.4, -0.2) is 17.4 Å². The number of rotatable bonds is 4. The molecule has 0 saturated carbocycles. The van der Waals surface area contributed by atoms with Crippen molar-refractivity contribution >= 4 is 23.2 Å². The van der Waals surface area contributed by atoms with E-state index in [1.54, 1.807) is 19.1 Å². The Morgan fingerprint density at radius 1 is 1.50 bits per heavy atom. The number of amides is 2. The van der Waals surface area contributed by atoms with Crippen LogP contribution in [0.5, 0.6) is 0 Å². The highest BCUT2D eigenvalue weighted by atomic mass is 32.1. The largest absolute Gasteiger partial charge is 0.368 e. The summed E-state index contributed by atoms with van der Waals surface area (Å²) in [5.41, 5.74) is 4.31. The van der Waals surface area contributed by atoms with E-state index in [1.165, 1.54) is 11.3 Å². The van der Waals surface area contributed by atoms with Crippen LogP contribution in [0.2, 0.25) is 0 Å². The van der Waals surface area contributed by atoms with Gasteiger partial charge in [0.1, 0.15) is 5.54 Å². The monoisotopic (exact) mass is 240 g/mol. The van der Waals surface area contributed by atoms with Crippen LogP contribution in [0.15, 0.2) is 17.5 Å². The van der Waals surface area contributed by atoms with Crippen molar-refractivity contribution in [1.82, 2.24) is 5.32 Å². The molecule has 0 fully saturated rings. The Bertz CT molecular complexity index is 387. The molecule has 0 aromatic carbocycles. The molecule has 0 radical (unpaired) electrons. The first-order valence-electron chi connectivity index (χ1n) is 5.04. The summed E-state index contributed by atoms with van der Waals surface area (Å²) in [5, 5.41) is 4.50. The van der Waals surface area contributed by atoms with E-state index in [-0.39, 0.29) is 11.8 Å². The highest BCUT2D eigenvalue weighted by Crippen LogP contribution is 2.18. The zero-order valence-corrected chi connectivity index (χ0v) is 10.4. The maximum atomic E-state index is 11.8. The van der Waals surface area contributed by atoms with E-state index in [1.807, 2.05) is 19.2 Å². The second kappa shape index (κ2) is 4.65. The number of thiophene rings is 1. The van der Waals surface area contributed by atoms with E-state index in [9.17, 15) is 9.59 Å². The zero-order chi connectivity index (χ0) is 12.3. The Balaban J connectivity index is 2.86. The van der Waals surface area contributed by atoms with Crippen molar-refractivity contribution in [3.63, 3.8) is 0 Å². The number of hydrogen-bond acceptors (Lipinski definition) is 3. The summed E-state index contributed by atoms with van der Waals surface area (Å²) in [6.07, 6.45) is 0. The van der Waals surface area contributed by atoms with Gasteiger partial charge in [-0.15, -0.1) is 11.3 Å². The summed E-state index contributed by atoms with van der Waals surface area (Å²) in [7, 11) is 0. The van der Waals surface area contributed by atoms with E-state index < -0.39 is 11.4 Å². The van der Waals surface area contributed by atoms with Crippen LogP contribution in [0, 0.1) is 5.92 Å². The van der Waals surface area contributed by atoms with Gasteiger partial charge in [-0.1, -0.05) is 19.9 Å². The van der Waals surface area contributed by atoms with Crippen molar-refractivity contribution in [2.45, 2.75) is 26.3 Å². The standard InChI is InChI=1S/C11H16N2O2S/c1-7(2)11(3,10(12)15)13-9(14)8-5-4-6-16-8/h4-7H,1-3H3,(H2,12,15)(H,13,14). The summed E-state index contributed by atoms with van der Waals surface area (Å²) < 4.78 is 0. The fourth-order valence-electron chi connectivity index (χ4n) is 1.20. The molecular formula is C11H16N2O2S. The van der Waals surface area contributed by atoms with Crippen LogP contribution in [0.25, 0.3) is 0 Å². The molecule has 2 amide bonds. The summed E-state index contributed by atoms with van der Waals surface area (Å²) in [4.78, 5) is 23.8. The molecule has 0 aliphatic carbocycles. The average molecular weight is 240 g/mol. The van der Waals surface area contributed by atoms with Crippen LogP contribution in [0.4, 0.5) is 0 Å². The first-order valence-corrected chi connectivity index (χ1v) is 5.92. The van der Waals surface area contributed by atoms with Crippen molar-refractivity contribution in [3.05, 3.63) is 22.4 Å². The molecule has 3 N–H and O–H groups in total. The minimum atomic E-state index is -1.01. The number of carbonyl (C=O) groups excluding carboxylic acids is 2. The van der Waals surface area contributed by atoms with Crippen molar-refractivity contribution in [1.29, 1.82) is 0 Å². The minimum absolute atomic E-state index is 0.0612. The minimum Gasteiger partial charge on any atom is -0.368 e. The summed E-state index contributed by atoms with van der Waals surface area (Å²) in [6.45, 7) is 5.34. The van der Waals surface area contributed by atoms with Crippen molar-refractivity contribution < 1.29 is 9.59 Å². The molecular weight excluding hydrogens is 224 g/mol. The van der Waals surface area contributed by atoms with Crippen LogP contribution in [0.1, 0.15) is 30.4 Å². The molecule has 0 aliphatic heterocycles. The van der Waals surface area contributed by atoms with E-state index >= 15 is 0 Å². The third kappa shape index (κ3) is 2.41. The molecule has 1 atom stereocenters. The maximum absolute atomic E-state index is 11.8. The molecule has 0 saturated heterocycles. The smallest absolute Gasteiger partial charge is 0.262 e. The molecule has 0 bridgehead atoms. The highest BCUT2D eigenvalue weighted by molar-refractivity contribution is 7.12. The SMILES string of the molecule is CC(C)C(C)(NC(=O)c1cccs1)C(N)=O. The van der Waals surface area contributed by atoms with Crippen LogP contribution < -0.4 is 11.1 Å². The van der Waals surface area contributed by atoms with Crippen molar-refractivity contribution in [2.24, 2.45) is 11.7 Å². The molecule has 0 spiro atoms. The van der Waals surface area contributed by atoms with Crippen LogP contribution >= 0.6 is 11.3 Å². The lowest BCUT2D eigenvalue weighted by Gasteiger charge is -2.31. The van der Waals surface area contributed by atoms with Gasteiger partial charge in [-0.2, -0.15) is 0 Å². The predicted molar refractivity (Wildman–Crippen MR) is 64.2 cm³/mol. The highest BCUT2D eigenvalue weighted by Gasteiger charge is 2.36. The number of carbonyl (C=O) groups is 2. The number of nitrogens with one attached hydrogen (secondary N) is 1. The third-order valence-electron chi connectivity index (χ3n) is 2.78. The van der Waals surface area contributed by atoms with Gasteiger partial charge in [0, 0.05) is 0 Å². The number of primary amides is 1. The van der Waals surface area contributed by atoms with Gasteiger partial charge in [-0.05, 0) is 24.3 Å². The molecule has 1 aromatic heterocycles. The molecule has 4 nitrogen and oxygen atoms in total. The fourth-order valence-corrected chi connectivity index (χ4v) is 1.81. The molecule has 16 heavy (non-hydrogen) atoms. The third-order valence-corrected chi connectivity index (χ3v) is 3.65. The van der Waals surface area contributed by atoms with E-state index in [2.05, 4.69) is 5.32 Å². The number of nitrogens with two attached hydrogens (primary N) is 1. The Morgan fingerprint density at radius 3 is 2.50 bits per heavy atom. The lowest BCUT2D eigenvalue weighted by molar-refractivity contribution is -0.125. The Hall–Kier alpha value is -1.36. The fraction of sp³-hybridized carbons (Fsp3) is 0.455. The van der Waals surface area contributed by atoms with Gasteiger partial charge in [-0.25, -0.2) is 0 Å². The molecule has 1 heterocycles. The van der Waals surface area contributed by atoms with Gasteiger partial charge in [0.25, 0.3) is 5.91 Å². The first-order chi connectivity index (χ1) is 7.38. The summed E-state index contributed by atoms with van der Waals surface area (Å²) >= 11 is 1.33. The maximum Gasteiger partial charge on any atom is 0.262 e. The zero-order valence-electron chi connectivity index (χ0n) is 9.61. The molecule has 1 rings (SSSR count). The topological polar surface area (TPSA) is 72.2 Å². The van der Waals surface area contributed by atoms with Gasteiger partial charge in [0.05, 0.1) is 4.88 Å². The lowest BCUT2D eigenvalue weighted by atomic mass is 9.87. The van der Waals surface area contributed by atoms with Crippen LogP contribution in [0.3, 0.4) is 0 Å². The van der Waals surface area contributed by atoms with Gasteiger partial charge in [-0.3, -0.25) is 9.59 Å². The molecule has 5 heteroatoms. The quantitative estimate of drug-likeness (QED) is 0.834. The lowest BCUT2D eigenvalue weighted by Crippen LogP contribution is -2.58. The van der Waals surface area contributed by atoms with Crippen molar-refractivity contribution in [3.8, 4) is 0 Å². The molecule has 88 valence electrons. The molecule has 0 aliphatic rings. The summed E-state index contributed by atoms with van der Waals surface area (Å²) in [6, 6.07) is 3.50. The predicted octanol–water partition coefficient (Wildman–Crippen LogP) is 1.38. The number of hydrogen-bond donors (Lipinski definition) is 2. The van der Waals surface area contributed by atoms with Gasteiger partial charge in [0.15, 0.2) is 0 Å².